The molecular weight excluding hydrogens is 324 g/mol. The van der Waals surface area contributed by atoms with Gasteiger partial charge in [0.15, 0.2) is 0 Å². The van der Waals surface area contributed by atoms with Crippen molar-refractivity contribution in [3.8, 4) is 0 Å². The van der Waals surface area contributed by atoms with Crippen LogP contribution in [0.15, 0.2) is 22.7 Å². The summed E-state index contributed by atoms with van der Waals surface area (Å²) in [4.78, 5) is 2.47. The van der Waals surface area contributed by atoms with Crippen LogP contribution in [0.5, 0.6) is 0 Å². The molecule has 0 radical (unpaired) electrons. The van der Waals surface area contributed by atoms with Crippen molar-refractivity contribution in [2.75, 3.05) is 14.1 Å². The molecule has 106 valence electrons. The second-order valence-electron chi connectivity index (χ2n) is 5.46. The third kappa shape index (κ3) is 4.19. The highest BCUT2D eigenvalue weighted by atomic mass is 79.9. The molecule has 0 aliphatic heterocycles. The van der Waals surface area contributed by atoms with E-state index in [1.54, 1.807) is 0 Å². The van der Waals surface area contributed by atoms with Gasteiger partial charge >= 0.3 is 0 Å². The summed E-state index contributed by atoms with van der Waals surface area (Å²) in [5.74, 6) is 0. The van der Waals surface area contributed by atoms with Crippen molar-refractivity contribution >= 4 is 27.5 Å². The SMILES string of the molecule is CNC1CCC(N(C)Cc2ccc(Cl)c(Br)c2)CC1. The number of nitrogens with zero attached hydrogens (tertiary/aromatic N) is 1. The molecule has 4 heteroatoms. The first kappa shape index (κ1) is 15.3. The van der Waals surface area contributed by atoms with Gasteiger partial charge in [0.05, 0.1) is 5.02 Å². The van der Waals surface area contributed by atoms with Crippen molar-refractivity contribution in [3.63, 3.8) is 0 Å². The van der Waals surface area contributed by atoms with Crippen LogP contribution in [0, 0.1) is 0 Å². The van der Waals surface area contributed by atoms with Gasteiger partial charge < -0.3 is 5.32 Å². The molecule has 0 unspecified atom stereocenters. The maximum Gasteiger partial charge on any atom is 0.0548 e. The van der Waals surface area contributed by atoms with E-state index in [2.05, 4.69) is 52.4 Å². The molecular formula is C15H22BrClN2. The van der Waals surface area contributed by atoms with Gasteiger partial charge in [-0.25, -0.2) is 0 Å². The lowest BCUT2D eigenvalue weighted by Gasteiger charge is -2.34. The largest absolute Gasteiger partial charge is 0.317 e. The summed E-state index contributed by atoms with van der Waals surface area (Å²) >= 11 is 9.52. The highest BCUT2D eigenvalue weighted by Crippen LogP contribution is 2.26. The van der Waals surface area contributed by atoms with E-state index in [4.69, 9.17) is 11.6 Å². The van der Waals surface area contributed by atoms with Crippen LogP contribution in [0.4, 0.5) is 0 Å². The Balaban J connectivity index is 1.90. The van der Waals surface area contributed by atoms with Crippen molar-refractivity contribution in [3.05, 3.63) is 33.3 Å². The maximum absolute atomic E-state index is 6.03. The van der Waals surface area contributed by atoms with E-state index in [1.807, 2.05) is 6.07 Å². The Bertz CT molecular complexity index is 417. The lowest BCUT2D eigenvalue weighted by Crippen LogP contribution is -2.39. The minimum absolute atomic E-state index is 0.707. The predicted molar refractivity (Wildman–Crippen MR) is 85.7 cm³/mol. The summed E-state index contributed by atoms with van der Waals surface area (Å²) in [6, 6.07) is 7.63. The van der Waals surface area contributed by atoms with E-state index in [0.717, 1.165) is 16.0 Å². The van der Waals surface area contributed by atoms with E-state index in [1.165, 1.54) is 31.2 Å². The van der Waals surface area contributed by atoms with Gasteiger partial charge in [-0.1, -0.05) is 17.7 Å². The molecule has 19 heavy (non-hydrogen) atoms. The normalized spacial score (nSPS) is 23.8. The zero-order chi connectivity index (χ0) is 13.8. The van der Waals surface area contributed by atoms with E-state index >= 15 is 0 Å². The number of rotatable bonds is 4. The molecule has 2 rings (SSSR count). The molecule has 1 aromatic rings. The van der Waals surface area contributed by atoms with Crippen LogP contribution >= 0.6 is 27.5 Å². The first-order valence-electron chi connectivity index (χ1n) is 6.91. The fourth-order valence-electron chi connectivity index (χ4n) is 2.86. The summed E-state index contributed by atoms with van der Waals surface area (Å²) in [6.45, 7) is 0.991. The quantitative estimate of drug-likeness (QED) is 0.885. The highest BCUT2D eigenvalue weighted by Gasteiger charge is 2.22. The van der Waals surface area contributed by atoms with Crippen molar-refractivity contribution < 1.29 is 0 Å². The van der Waals surface area contributed by atoms with Crippen molar-refractivity contribution in [1.82, 2.24) is 10.2 Å². The molecule has 0 bridgehead atoms. The summed E-state index contributed by atoms with van der Waals surface area (Å²) < 4.78 is 0.985. The second-order valence-corrected chi connectivity index (χ2v) is 6.72. The van der Waals surface area contributed by atoms with Crippen LogP contribution in [0.3, 0.4) is 0 Å². The Kier molecular flexibility index (Phi) is 5.70. The number of halogens is 2. The van der Waals surface area contributed by atoms with E-state index in [-0.39, 0.29) is 0 Å². The smallest absolute Gasteiger partial charge is 0.0548 e. The standard InChI is InChI=1S/C15H22BrClN2/c1-18-12-4-6-13(7-5-12)19(2)10-11-3-8-15(17)14(16)9-11/h3,8-9,12-13,18H,4-7,10H2,1-2H3. The first-order chi connectivity index (χ1) is 9.10. The molecule has 1 saturated carbocycles. The fraction of sp³-hybridized carbons (Fsp3) is 0.600. The predicted octanol–water partition coefficient (Wildman–Crippen LogP) is 4.06. The Labute approximate surface area is 129 Å². The van der Waals surface area contributed by atoms with Crippen LogP contribution < -0.4 is 5.32 Å². The van der Waals surface area contributed by atoms with E-state index in [9.17, 15) is 0 Å². The third-order valence-corrected chi connectivity index (χ3v) is 5.36. The molecule has 1 fully saturated rings. The third-order valence-electron chi connectivity index (χ3n) is 4.14. The Hall–Kier alpha value is -0.0900. The molecule has 1 N–H and O–H groups in total. The molecule has 2 nitrogen and oxygen atoms in total. The van der Waals surface area contributed by atoms with Crippen LogP contribution in [0.1, 0.15) is 31.2 Å². The summed E-state index contributed by atoms with van der Waals surface area (Å²) in [5, 5.41) is 4.17. The summed E-state index contributed by atoms with van der Waals surface area (Å²) in [7, 11) is 4.30. The molecule has 0 saturated heterocycles. The van der Waals surface area contributed by atoms with Gasteiger partial charge in [-0.3, -0.25) is 4.90 Å². The van der Waals surface area contributed by atoms with Crippen molar-refractivity contribution in [1.29, 1.82) is 0 Å². The molecule has 0 heterocycles. The fourth-order valence-corrected chi connectivity index (χ4v) is 3.40. The molecule has 1 aliphatic carbocycles. The van der Waals surface area contributed by atoms with Gasteiger partial charge in [0, 0.05) is 23.1 Å². The average molecular weight is 346 g/mol. The molecule has 1 aliphatic rings. The Morgan fingerprint density at radius 2 is 2.00 bits per heavy atom. The van der Waals surface area contributed by atoms with Gasteiger partial charge in [0.25, 0.3) is 0 Å². The first-order valence-corrected chi connectivity index (χ1v) is 8.08. The topological polar surface area (TPSA) is 15.3 Å². The minimum atomic E-state index is 0.707. The van der Waals surface area contributed by atoms with Crippen LogP contribution in [-0.2, 0) is 6.54 Å². The lowest BCUT2D eigenvalue weighted by atomic mass is 9.90. The van der Waals surface area contributed by atoms with Crippen LogP contribution in [0.2, 0.25) is 5.02 Å². The zero-order valence-electron chi connectivity index (χ0n) is 11.6. The van der Waals surface area contributed by atoms with Crippen LogP contribution in [0.25, 0.3) is 0 Å². The summed E-state index contributed by atoms with van der Waals surface area (Å²) in [5.41, 5.74) is 1.31. The number of nitrogens with one attached hydrogen (secondary N) is 1. The number of hydrogen-bond acceptors (Lipinski definition) is 2. The molecule has 0 amide bonds. The van der Waals surface area contributed by atoms with Crippen molar-refractivity contribution in [2.45, 2.75) is 44.3 Å². The minimum Gasteiger partial charge on any atom is -0.317 e. The lowest BCUT2D eigenvalue weighted by molar-refractivity contribution is 0.170. The molecule has 0 aromatic heterocycles. The number of benzene rings is 1. The molecule has 0 spiro atoms. The zero-order valence-corrected chi connectivity index (χ0v) is 14.0. The highest BCUT2D eigenvalue weighted by molar-refractivity contribution is 9.10. The van der Waals surface area contributed by atoms with E-state index < -0.39 is 0 Å². The molecule has 0 atom stereocenters. The molecule has 1 aromatic carbocycles. The van der Waals surface area contributed by atoms with Gasteiger partial charge in [-0.2, -0.15) is 0 Å². The maximum atomic E-state index is 6.03. The number of hydrogen-bond donors (Lipinski definition) is 1. The second kappa shape index (κ2) is 7.07. The van der Waals surface area contributed by atoms with Crippen LogP contribution in [-0.4, -0.2) is 31.1 Å². The van der Waals surface area contributed by atoms with Crippen molar-refractivity contribution in [2.24, 2.45) is 0 Å². The average Bonchev–Trinajstić information content (AvgIpc) is 2.43. The monoisotopic (exact) mass is 344 g/mol. The van der Waals surface area contributed by atoms with E-state index in [0.29, 0.717) is 12.1 Å². The van der Waals surface area contributed by atoms with Gasteiger partial charge in [0.1, 0.15) is 0 Å². The Morgan fingerprint density at radius 3 is 2.58 bits per heavy atom. The Morgan fingerprint density at radius 1 is 1.32 bits per heavy atom. The van der Waals surface area contributed by atoms with Gasteiger partial charge in [0.2, 0.25) is 0 Å². The summed E-state index contributed by atoms with van der Waals surface area (Å²) in [6.07, 6.45) is 5.15. The van der Waals surface area contributed by atoms with Gasteiger partial charge in [-0.05, 0) is 73.4 Å². The van der Waals surface area contributed by atoms with Gasteiger partial charge in [-0.15, -0.1) is 0 Å².